The SMILES string of the molecule is COc1ccc2c(c1)N(C(C)=O)C1C3COC4=C(C(=O)OC4)C3CC3N(C)CCC231. The van der Waals surface area contributed by atoms with Crippen LogP contribution in [-0.4, -0.2) is 62.8 Å². The number of rotatable bonds is 1. The fourth-order valence-corrected chi connectivity index (χ4v) is 7.09. The average molecular weight is 410 g/mol. The van der Waals surface area contributed by atoms with E-state index in [-0.39, 0.29) is 47.8 Å². The van der Waals surface area contributed by atoms with E-state index in [0.29, 0.717) is 17.9 Å². The van der Waals surface area contributed by atoms with E-state index >= 15 is 0 Å². The number of ether oxygens (including phenoxy) is 3. The number of hydrogen-bond acceptors (Lipinski definition) is 6. The molecule has 4 heterocycles. The van der Waals surface area contributed by atoms with Gasteiger partial charge in [0.2, 0.25) is 5.91 Å². The van der Waals surface area contributed by atoms with Crippen LogP contribution in [0, 0.1) is 11.8 Å². The number of cyclic esters (lactones) is 1. The van der Waals surface area contributed by atoms with E-state index in [1.165, 1.54) is 5.56 Å². The Hall–Kier alpha value is -2.54. The summed E-state index contributed by atoms with van der Waals surface area (Å²) in [7, 11) is 3.81. The first-order valence-corrected chi connectivity index (χ1v) is 10.7. The highest BCUT2D eigenvalue weighted by Gasteiger charge is 2.67. The van der Waals surface area contributed by atoms with Gasteiger partial charge in [-0.15, -0.1) is 0 Å². The summed E-state index contributed by atoms with van der Waals surface area (Å²) in [5, 5.41) is 0. The van der Waals surface area contributed by atoms with Gasteiger partial charge in [0, 0.05) is 36.3 Å². The van der Waals surface area contributed by atoms with E-state index in [2.05, 4.69) is 18.0 Å². The first-order valence-electron chi connectivity index (χ1n) is 10.7. The van der Waals surface area contributed by atoms with E-state index in [4.69, 9.17) is 14.2 Å². The van der Waals surface area contributed by atoms with Gasteiger partial charge in [-0.25, -0.2) is 4.79 Å². The number of likely N-dealkylation sites (N-methyl/N-ethyl adjacent to an activating group) is 1. The van der Waals surface area contributed by atoms with Crippen LogP contribution in [0.1, 0.15) is 25.3 Å². The molecule has 0 aromatic heterocycles. The second kappa shape index (κ2) is 6.00. The van der Waals surface area contributed by atoms with Gasteiger partial charge in [0.25, 0.3) is 0 Å². The summed E-state index contributed by atoms with van der Waals surface area (Å²) >= 11 is 0. The smallest absolute Gasteiger partial charge is 0.338 e. The molecule has 2 fully saturated rings. The number of amides is 1. The number of nitrogens with zero attached hydrogens (tertiary/aromatic N) is 2. The largest absolute Gasteiger partial charge is 0.497 e. The van der Waals surface area contributed by atoms with Crippen molar-refractivity contribution in [1.29, 1.82) is 0 Å². The van der Waals surface area contributed by atoms with Crippen LogP contribution in [0.5, 0.6) is 5.75 Å². The molecule has 4 aliphatic heterocycles. The third-order valence-corrected chi connectivity index (χ3v) is 8.19. The Morgan fingerprint density at radius 3 is 2.90 bits per heavy atom. The minimum atomic E-state index is -0.251. The Morgan fingerprint density at radius 2 is 2.13 bits per heavy atom. The Kier molecular flexibility index (Phi) is 3.65. The van der Waals surface area contributed by atoms with Crippen LogP contribution in [-0.2, 0) is 24.5 Å². The summed E-state index contributed by atoms with van der Waals surface area (Å²) in [6.45, 7) is 3.35. The molecule has 6 rings (SSSR count). The number of fused-ring (bicyclic) bond motifs is 4. The number of benzene rings is 1. The molecule has 1 amide bonds. The maximum absolute atomic E-state index is 13.0. The summed E-state index contributed by atoms with van der Waals surface area (Å²) in [5.41, 5.74) is 2.72. The van der Waals surface area contributed by atoms with Crippen LogP contribution < -0.4 is 9.64 Å². The number of carbonyl (C=O) groups is 2. The van der Waals surface area contributed by atoms with Gasteiger partial charge in [-0.2, -0.15) is 0 Å². The topological polar surface area (TPSA) is 68.3 Å². The lowest BCUT2D eigenvalue weighted by molar-refractivity contribution is -0.136. The number of likely N-dealkylation sites (tertiary alicyclic amines) is 1. The van der Waals surface area contributed by atoms with E-state index in [0.717, 1.165) is 30.8 Å². The van der Waals surface area contributed by atoms with Gasteiger partial charge in [-0.3, -0.25) is 4.79 Å². The average Bonchev–Trinajstić information content (AvgIpc) is 3.38. The summed E-state index contributed by atoms with van der Waals surface area (Å²) in [4.78, 5) is 30.0. The van der Waals surface area contributed by atoms with Crippen molar-refractivity contribution in [3.05, 3.63) is 35.1 Å². The predicted molar refractivity (Wildman–Crippen MR) is 108 cm³/mol. The van der Waals surface area contributed by atoms with Gasteiger partial charge in [0.05, 0.1) is 31.0 Å². The maximum atomic E-state index is 13.0. The maximum Gasteiger partial charge on any atom is 0.338 e. The molecular formula is C23H26N2O5. The molecule has 5 atom stereocenters. The van der Waals surface area contributed by atoms with Crippen molar-refractivity contribution in [1.82, 2.24) is 4.90 Å². The number of esters is 1. The molecule has 5 unspecified atom stereocenters. The molecular weight excluding hydrogens is 384 g/mol. The third kappa shape index (κ3) is 2.04. The predicted octanol–water partition coefficient (Wildman–Crippen LogP) is 1.85. The zero-order valence-electron chi connectivity index (χ0n) is 17.5. The first kappa shape index (κ1) is 18.2. The van der Waals surface area contributed by atoms with Crippen molar-refractivity contribution in [2.24, 2.45) is 11.8 Å². The molecule has 0 radical (unpaired) electrons. The second-order valence-electron chi connectivity index (χ2n) is 9.23. The molecule has 0 N–H and O–H groups in total. The molecule has 1 spiro atoms. The molecule has 1 aliphatic carbocycles. The Morgan fingerprint density at radius 1 is 1.30 bits per heavy atom. The van der Waals surface area contributed by atoms with Gasteiger partial charge in [-0.05, 0) is 38.1 Å². The molecule has 1 saturated heterocycles. The fourth-order valence-electron chi connectivity index (χ4n) is 7.09. The van der Waals surface area contributed by atoms with E-state index in [9.17, 15) is 9.59 Å². The van der Waals surface area contributed by atoms with Crippen molar-refractivity contribution in [2.45, 2.75) is 37.3 Å². The molecule has 1 aromatic carbocycles. The van der Waals surface area contributed by atoms with Crippen LogP contribution in [0.2, 0.25) is 0 Å². The van der Waals surface area contributed by atoms with Gasteiger partial charge >= 0.3 is 5.97 Å². The molecule has 5 aliphatic rings. The first-order chi connectivity index (χ1) is 14.5. The normalized spacial score (nSPS) is 36.4. The number of methoxy groups -OCH3 is 1. The molecule has 158 valence electrons. The van der Waals surface area contributed by atoms with Crippen LogP contribution in [0.15, 0.2) is 29.5 Å². The quantitative estimate of drug-likeness (QED) is 0.659. The standard InChI is InChI=1S/C23H26N2O5/c1-12(26)25-17-8-13(28-3)4-5-16(17)23-6-7-24(2)19(23)9-14-15(21(23)25)10-29-18-11-30-22(27)20(14)18/h4-5,8,14-15,19,21H,6-7,9-11H2,1-3H3. The van der Waals surface area contributed by atoms with E-state index < -0.39 is 0 Å². The second-order valence-corrected chi connectivity index (χ2v) is 9.23. The lowest BCUT2D eigenvalue weighted by Crippen LogP contribution is -2.63. The van der Waals surface area contributed by atoms with Crippen molar-refractivity contribution < 1.29 is 23.8 Å². The van der Waals surface area contributed by atoms with Crippen molar-refractivity contribution in [2.75, 3.05) is 38.8 Å². The molecule has 7 nitrogen and oxygen atoms in total. The molecule has 30 heavy (non-hydrogen) atoms. The Labute approximate surface area is 175 Å². The van der Waals surface area contributed by atoms with Crippen LogP contribution in [0.4, 0.5) is 5.69 Å². The van der Waals surface area contributed by atoms with Crippen LogP contribution in [0.3, 0.4) is 0 Å². The van der Waals surface area contributed by atoms with Crippen molar-refractivity contribution in [3.63, 3.8) is 0 Å². The molecule has 7 heteroatoms. The summed E-state index contributed by atoms with van der Waals surface area (Å²) in [6, 6.07) is 6.34. The lowest BCUT2D eigenvalue weighted by atomic mass is 9.56. The summed E-state index contributed by atoms with van der Waals surface area (Å²) in [6.07, 6.45) is 1.87. The van der Waals surface area contributed by atoms with Gasteiger partial charge in [0.1, 0.15) is 18.1 Å². The third-order valence-electron chi connectivity index (χ3n) is 8.19. The monoisotopic (exact) mass is 410 g/mol. The zero-order valence-corrected chi connectivity index (χ0v) is 17.5. The van der Waals surface area contributed by atoms with Gasteiger partial charge in [0.15, 0.2) is 0 Å². The minimum absolute atomic E-state index is 0.0223. The Bertz CT molecular complexity index is 1000. The van der Waals surface area contributed by atoms with Gasteiger partial charge in [-0.1, -0.05) is 6.07 Å². The summed E-state index contributed by atoms with van der Waals surface area (Å²) < 4.78 is 16.9. The zero-order chi connectivity index (χ0) is 20.8. The highest BCUT2D eigenvalue weighted by molar-refractivity contribution is 5.97. The highest BCUT2D eigenvalue weighted by Crippen LogP contribution is 2.62. The fraction of sp³-hybridized carbons (Fsp3) is 0.565. The van der Waals surface area contributed by atoms with Crippen molar-refractivity contribution in [3.8, 4) is 5.75 Å². The highest BCUT2D eigenvalue weighted by atomic mass is 16.6. The van der Waals surface area contributed by atoms with Crippen molar-refractivity contribution >= 4 is 17.6 Å². The molecule has 0 bridgehead atoms. The van der Waals surface area contributed by atoms with Gasteiger partial charge < -0.3 is 24.0 Å². The van der Waals surface area contributed by atoms with E-state index in [1.807, 2.05) is 17.0 Å². The number of anilines is 1. The number of carbonyl (C=O) groups excluding carboxylic acids is 2. The van der Waals surface area contributed by atoms with Crippen LogP contribution in [0.25, 0.3) is 0 Å². The van der Waals surface area contributed by atoms with Crippen LogP contribution >= 0.6 is 0 Å². The van der Waals surface area contributed by atoms with E-state index in [1.54, 1.807) is 14.0 Å². The molecule has 1 saturated carbocycles. The summed E-state index contributed by atoms with van der Waals surface area (Å²) in [5.74, 6) is 1.32. The number of hydrogen-bond donors (Lipinski definition) is 0. The lowest BCUT2D eigenvalue weighted by Gasteiger charge is -2.53. The molecule has 1 aromatic rings. The minimum Gasteiger partial charge on any atom is -0.497 e. The Balaban J connectivity index is 1.57.